The van der Waals surface area contributed by atoms with E-state index in [1.165, 1.54) is 12.8 Å². The molecule has 0 amide bonds. The maximum Gasteiger partial charge on any atom is 0.128 e. The highest BCUT2D eigenvalue weighted by Gasteiger charge is 2.22. The lowest BCUT2D eigenvalue weighted by atomic mass is 10.0. The molecule has 2 aromatic rings. The third-order valence-electron chi connectivity index (χ3n) is 4.53. The van der Waals surface area contributed by atoms with Crippen molar-refractivity contribution in [1.82, 2.24) is 9.88 Å². The summed E-state index contributed by atoms with van der Waals surface area (Å²) in [5, 5.41) is 0. The third kappa shape index (κ3) is 4.45. The maximum absolute atomic E-state index is 5.79. The van der Waals surface area contributed by atoms with Crippen LogP contribution < -0.4 is 9.64 Å². The fourth-order valence-corrected chi connectivity index (χ4v) is 3.09. The van der Waals surface area contributed by atoms with Gasteiger partial charge < -0.3 is 9.64 Å². The molecule has 1 aromatic heterocycles. The first-order valence-electron chi connectivity index (χ1n) is 8.37. The zero-order chi connectivity index (χ0) is 15.9. The lowest BCUT2D eigenvalue weighted by Gasteiger charge is -2.37. The van der Waals surface area contributed by atoms with Crippen molar-refractivity contribution in [3.05, 3.63) is 54.7 Å². The van der Waals surface area contributed by atoms with Gasteiger partial charge in [0.25, 0.3) is 0 Å². The number of anilines is 1. The van der Waals surface area contributed by atoms with Gasteiger partial charge >= 0.3 is 0 Å². The van der Waals surface area contributed by atoms with E-state index in [1.54, 1.807) is 0 Å². The van der Waals surface area contributed by atoms with Crippen molar-refractivity contribution in [3.63, 3.8) is 0 Å². The van der Waals surface area contributed by atoms with Crippen LogP contribution in [0.15, 0.2) is 54.7 Å². The average Bonchev–Trinajstić information content (AvgIpc) is 2.63. The van der Waals surface area contributed by atoms with Gasteiger partial charge in [0.15, 0.2) is 0 Å². The van der Waals surface area contributed by atoms with E-state index in [4.69, 9.17) is 4.74 Å². The highest BCUT2D eigenvalue weighted by molar-refractivity contribution is 5.38. The number of nitrogens with zero attached hydrogens (tertiary/aromatic N) is 3. The summed E-state index contributed by atoms with van der Waals surface area (Å²) in [5.41, 5.74) is 0. The first-order valence-corrected chi connectivity index (χ1v) is 8.37. The second-order valence-corrected chi connectivity index (χ2v) is 6.03. The number of piperidine rings is 1. The summed E-state index contributed by atoms with van der Waals surface area (Å²) in [4.78, 5) is 9.26. The van der Waals surface area contributed by atoms with Crippen LogP contribution in [-0.2, 0) is 0 Å². The van der Waals surface area contributed by atoms with Crippen molar-refractivity contribution >= 4 is 5.82 Å². The molecule has 0 N–H and O–H groups in total. The molecule has 4 heteroatoms. The molecule has 1 fully saturated rings. The van der Waals surface area contributed by atoms with E-state index in [0.717, 1.165) is 37.8 Å². The molecule has 1 aliphatic rings. The number of hydrogen-bond donors (Lipinski definition) is 0. The molecule has 0 saturated carbocycles. The van der Waals surface area contributed by atoms with Gasteiger partial charge in [-0.3, -0.25) is 4.90 Å². The second kappa shape index (κ2) is 7.97. The van der Waals surface area contributed by atoms with Gasteiger partial charge in [-0.15, -0.1) is 0 Å². The number of hydrogen-bond acceptors (Lipinski definition) is 4. The molecule has 4 nitrogen and oxygen atoms in total. The molecule has 1 saturated heterocycles. The van der Waals surface area contributed by atoms with Gasteiger partial charge in [-0.1, -0.05) is 24.3 Å². The van der Waals surface area contributed by atoms with Gasteiger partial charge in [-0.05, 0) is 37.1 Å². The fraction of sp³-hybridized carbons (Fsp3) is 0.421. The van der Waals surface area contributed by atoms with E-state index in [9.17, 15) is 0 Å². The minimum Gasteiger partial charge on any atom is -0.492 e. The normalized spacial score (nSPS) is 16.2. The Bertz CT molecular complexity index is 568. The van der Waals surface area contributed by atoms with Gasteiger partial charge in [0.2, 0.25) is 0 Å². The Kier molecular flexibility index (Phi) is 5.48. The van der Waals surface area contributed by atoms with Crippen LogP contribution in [-0.4, -0.2) is 49.2 Å². The van der Waals surface area contributed by atoms with Crippen LogP contribution in [0.1, 0.15) is 12.8 Å². The van der Waals surface area contributed by atoms with Crippen molar-refractivity contribution in [1.29, 1.82) is 0 Å². The molecule has 23 heavy (non-hydrogen) atoms. The number of aromatic nitrogens is 1. The van der Waals surface area contributed by atoms with E-state index in [0.29, 0.717) is 6.04 Å². The largest absolute Gasteiger partial charge is 0.492 e. The molecule has 0 atom stereocenters. The minimum absolute atomic E-state index is 0.580. The topological polar surface area (TPSA) is 28.6 Å². The van der Waals surface area contributed by atoms with Gasteiger partial charge in [0, 0.05) is 38.9 Å². The molecule has 0 radical (unpaired) electrons. The molecule has 2 heterocycles. The Labute approximate surface area is 138 Å². The fourth-order valence-electron chi connectivity index (χ4n) is 3.09. The molecule has 0 spiro atoms. The van der Waals surface area contributed by atoms with Crippen LogP contribution in [0.2, 0.25) is 0 Å². The summed E-state index contributed by atoms with van der Waals surface area (Å²) in [6, 6.07) is 16.7. The highest BCUT2D eigenvalue weighted by Crippen LogP contribution is 2.20. The van der Waals surface area contributed by atoms with Crippen molar-refractivity contribution < 1.29 is 4.74 Å². The third-order valence-corrected chi connectivity index (χ3v) is 4.53. The highest BCUT2D eigenvalue weighted by atomic mass is 16.5. The van der Waals surface area contributed by atoms with Crippen LogP contribution in [0.3, 0.4) is 0 Å². The summed E-state index contributed by atoms with van der Waals surface area (Å²) < 4.78 is 5.79. The Morgan fingerprint density at radius 3 is 2.52 bits per heavy atom. The lowest BCUT2D eigenvalue weighted by Crippen LogP contribution is -2.44. The smallest absolute Gasteiger partial charge is 0.128 e. The second-order valence-electron chi connectivity index (χ2n) is 6.03. The molecular formula is C19H25N3O. The first-order chi connectivity index (χ1) is 11.3. The summed E-state index contributed by atoms with van der Waals surface area (Å²) >= 11 is 0. The lowest BCUT2D eigenvalue weighted by molar-refractivity contribution is 0.172. The Hall–Kier alpha value is -2.07. The molecule has 0 unspecified atom stereocenters. The Balaban J connectivity index is 1.40. The zero-order valence-corrected chi connectivity index (χ0v) is 13.8. The van der Waals surface area contributed by atoms with Crippen molar-refractivity contribution in [3.8, 4) is 5.75 Å². The Morgan fingerprint density at radius 1 is 1.09 bits per heavy atom. The standard InChI is InChI=1S/C19H25N3O/c1-21(19-9-5-6-12-20-19)17-10-13-22(14-11-17)15-16-23-18-7-3-2-4-8-18/h2-9,12,17H,10-11,13-16H2,1H3. The predicted molar refractivity (Wildman–Crippen MR) is 94.0 cm³/mol. The SMILES string of the molecule is CN(c1ccccn1)C1CCN(CCOc2ccccc2)CC1. The Morgan fingerprint density at radius 2 is 1.83 bits per heavy atom. The molecule has 3 rings (SSSR count). The summed E-state index contributed by atoms with van der Waals surface area (Å²) in [6.45, 7) is 4.00. The van der Waals surface area contributed by atoms with Gasteiger partial charge in [-0.25, -0.2) is 4.98 Å². The molecule has 122 valence electrons. The minimum atomic E-state index is 0.580. The van der Waals surface area contributed by atoms with E-state index < -0.39 is 0 Å². The molecule has 0 aliphatic carbocycles. The van der Waals surface area contributed by atoms with E-state index in [2.05, 4.69) is 34.0 Å². The number of benzene rings is 1. The van der Waals surface area contributed by atoms with E-state index >= 15 is 0 Å². The van der Waals surface area contributed by atoms with Crippen molar-refractivity contribution in [2.45, 2.75) is 18.9 Å². The molecular weight excluding hydrogens is 286 g/mol. The molecule has 1 aliphatic heterocycles. The summed E-state index contributed by atoms with van der Waals surface area (Å²) in [5.74, 6) is 2.02. The van der Waals surface area contributed by atoms with Crippen molar-refractivity contribution in [2.24, 2.45) is 0 Å². The average molecular weight is 311 g/mol. The van der Waals surface area contributed by atoms with Gasteiger partial charge in [0.1, 0.15) is 18.2 Å². The van der Waals surface area contributed by atoms with Crippen LogP contribution in [0, 0.1) is 0 Å². The number of likely N-dealkylation sites (tertiary alicyclic amines) is 1. The number of rotatable bonds is 6. The van der Waals surface area contributed by atoms with Crippen LogP contribution in [0.4, 0.5) is 5.82 Å². The quantitative estimate of drug-likeness (QED) is 0.820. The zero-order valence-electron chi connectivity index (χ0n) is 13.8. The molecule has 0 bridgehead atoms. The van der Waals surface area contributed by atoms with Crippen LogP contribution >= 0.6 is 0 Å². The van der Waals surface area contributed by atoms with Gasteiger partial charge in [-0.2, -0.15) is 0 Å². The predicted octanol–water partition coefficient (Wildman–Crippen LogP) is 3.06. The van der Waals surface area contributed by atoms with Crippen LogP contribution in [0.25, 0.3) is 0 Å². The summed E-state index contributed by atoms with van der Waals surface area (Å²) in [6.07, 6.45) is 4.22. The maximum atomic E-state index is 5.79. The first kappa shape index (κ1) is 15.8. The van der Waals surface area contributed by atoms with E-state index in [1.807, 2.05) is 42.6 Å². The monoisotopic (exact) mass is 311 g/mol. The van der Waals surface area contributed by atoms with Crippen molar-refractivity contribution in [2.75, 3.05) is 38.2 Å². The number of pyridine rings is 1. The van der Waals surface area contributed by atoms with Crippen LogP contribution in [0.5, 0.6) is 5.75 Å². The number of para-hydroxylation sites is 1. The van der Waals surface area contributed by atoms with Gasteiger partial charge in [0.05, 0.1) is 0 Å². The number of ether oxygens (including phenoxy) is 1. The van der Waals surface area contributed by atoms with E-state index in [-0.39, 0.29) is 0 Å². The molecule has 1 aromatic carbocycles. The summed E-state index contributed by atoms with van der Waals surface area (Å²) in [7, 11) is 2.15.